The van der Waals surface area contributed by atoms with Gasteiger partial charge in [0.2, 0.25) is 0 Å². The fourth-order valence-corrected chi connectivity index (χ4v) is 1.90. The first-order valence-corrected chi connectivity index (χ1v) is 6.52. The maximum Gasteiger partial charge on any atom is -0.00427 e. The smallest absolute Gasteiger partial charge is 0.00427 e. The summed E-state index contributed by atoms with van der Waals surface area (Å²) in [6.45, 7) is 9.02. The molecule has 0 bridgehead atoms. The number of hydrogen-bond donors (Lipinski definition) is 0. The Morgan fingerprint density at radius 3 is 2.40 bits per heavy atom. The summed E-state index contributed by atoms with van der Waals surface area (Å²) in [5.74, 6) is 0.793. The topological polar surface area (TPSA) is 0 Å². The van der Waals surface area contributed by atoms with E-state index in [9.17, 15) is 0 Å². The van der Waals surface area contributed by atoms with Crippen molar-refractivity contribution in [2.45, 2.75) is 46.2 Å². The summed E-state index contributed by atoms with van der Waals surface area (Å²) in [4.78, 5) is 0. The first kappa shape index (κ1) is 12.7. The summed E-state index contributed by atoms with van der Waals surface area (Å²) in [5, 5.41) is 0. The van der Waals surface area contributed by atoms with Gasteiger partial charge in [-0.15, -0.1) is 9.24 Å². The molecule has 2 unspecified atom stereocenters. The molecule has 0 spiro atoms. The van der Waals surface area contributed by atoms with Crippen LogP contribution in [0.4, 0.5) is 0 Å². The molecule has 1 aromatic rings. The number of rotatable bonds is 4. The zero-order valence-corrected chi connectivity index (χ0v) is 11.5. The number of benzene rings is 1. The van der Waals surface area contributed by atoms with E-state index in [4.69, 9.17) is 0 Å². The van der Waals surface area contributed by atoms with Crippen LogP contribution < -0.4 is 0 Å². The molecular weight excluding hydrogens is 199 g/mol. The first-order valence-electron chi connectivity index (χ1n) is 5.85. The molecule has 0 nitrogen and oxygen atoms in total. The molecule has 0 aliphatic heterocycles. The van der Waals surface area contributed by atoms with Crippen LogP contribution in [-0.2, 0) is 6.42 Å². The van der Waals surface area contributed by atoms with Crippen LogP contribution in [0.1, 0.15) is 49.5 Å². The average molecular weight is 222 g/mol. The minimum Gasteiger partial charge on any atom is -0.130 e. The zero-order chi connectivity index (χ0) is 11.4. The van der Waals surface area contributed by atoms with E-state index in [1.165, 1.54) is 29.5 Å². The van der Waals surface area contributed by atoms with Gasteiger partial charge in [0.1, 0.15) is 0 Å². The molecule has 0 aliphatic carbocycles. The molecule has 0 aromatic heterocycles. The van der Waals surface area contributed by atoms with Gasteiger partial charge in [0.25, 0.3) is 0 Å². The molecule has 0 fully saturated rings. The molecule has 1 rings (SSSR count). The maximum atomic E-state index is 2.87. The Morgan fingerprint density at radius 2 is 1.87 bits per heavy atom. The highest BCUT2D eigenvalue weighted by molar-refractivity contribution is 7.17. The number of aryl methyl sites for hydroxylation is 2. The zero-order valence-electron chi connectivity index (χ0n) is 10.4. The molecular formula is C14H23P. The molecule has 0 aliphatic rings. The molecule has 0 heterocycles. The van der Waals surface area contributed by atoms with Gasteiger partial charge in [-0.05, 0) is 48.0 Å². The van der Waals surface area contributed by atoms with Gasteiger partial charge >= 0.3 is 0 Å². The Bertz CT molecular complexity index is 313. The van der Waals surface area contributed by atoms with Crippen molar-refractivity contribution >= 4 is 9.24 Å². The SMILES string of the molecule is Cc1ccc(C(C)P)cc1CCC(C)C. The summed E-state index contributed by atoms with van der Waals surface area (Å²) >= 11 is 0. The van der Waals surface area contributed by atoms with Gasteiger partial charge in [0.15, 0.2) is 0 Å². The highest BCUT2D eigenvalue weighted by atomic mass is 31.0. The molecule has 0 saturated carbocycles. The first-order chi connectivity index (χ1) is 7.00. The monoisotopic (exact) mass is 222 g/mol. The Kier molecular flexibility index (Phi) is 4.80. The highest BCUT2D eigenvalue weighted by Gasteiger charge is 2.04. The van der Waals surface area contributed by atoms with Gasteiger partial charge in [-0.2, -0.15) is 0 Å². The van der Waals surface area contributed by atoms with Crippen LogP contribution in [-0.4, -0.2) is 0 Å². The fourth-order valence-electron chi connectivity index (χ4n) is 1.69. The van der Waals surface area contributed by atoms with Crippen LogP contribution >= 0.6 is 9.24 Å². The van der Waals surface area contributed by atoms with Gasteiger partial charge in [-0.25, -0.2) is 0 Å². The standard InChI is InChI=1S/C14H23P/c1-10(2)5-7-13-9-14(12(4)15)8-6-11(13)3/h6,8-10,12H,5,7,15H2,1-4H3. The summed E-state index contributed by atoms with van der Waals surface area (Å²) in [5.41, 5.74) is 4.95. The third-order valence-electron chi connectivity index (χ3n) is 2.89. The normalized spacial score (nSPS) is 13.2. The van der Waals surface area contributed by atoms with E-state index < -0.39 is 0 Å². The fraction of sp³-hybridized carbons (Fsp3) is 0.571. The largest absolute Gasteiger partial charge is 0.130 e. The molecule has 0 N–H and O–H groups in total. The van der Waals surface area contributed by atoms with E-state index in [0.29, 0.717) is 5.66 Å². The van der Waals surface area contributed by atoms with Crippen molar-refractivity contribution in [1.82, 2.24) is 0 Å². The van der Waals surface area contributed by atoms with Gasteiger partial charge in [-0.1, -0.05) is 39.0 Å². The molecule has 15 heavy (non-hydrogen) atoms. The molecule has 2 atom stereocenters. The van der Waals surface area contributed by atoms with E-state index in [-0.39, 0.29) is 0 Å². The van der Waals surface area contributed by atoms with Crippen molar-refractivity contribution in [3.63, 3.8) is 0 Å². The van der Waals surface area contributed by atoms with E-state index >= 15 is 0 Å². The lowest BCUT2D eigenvalue weighted by Crippen LogP contribution is -1.96. The molecule has 84 valence electrons. The highest BCUT2D eigenvalue weighted by Crippen LogP contribution is 2.25. The Labute approximate surface area is 96.7 Å². The van der Waals surface area contributed by atoms with Crippen LogP contribution in [0.25, 0.3) is 0 Å². The maximum absolute atomic E-state index is 2.87. The molecule has 1 aromatic carbocycles. The van der Waals surface area contributed by atoms with Gasteiger partial charge < -0.3 is 0 Å². The second-order valence-corrected chi connectivity index (χ2v) is 5.91. The van der Waals surface area contributed by atoms with E-state index in [1.807, 2.05) is 0 Å². The van der Waals surface area contributed by atoms with Gasteiger partial charge in [0, 0.05) is 0 Å². The van der Waals surface area contributed by atoms with Gasteiger partial charge in [0.05, 0.1) is 0 Å². The van der Waals surface area contributed by atoms with Crippen molar-refractivity contribution in [3.8, 4) is 0 Å². The van der Waals surface area contributed by atoms with Crippen LogP contribution in [0.3, 0.4) is 0 Å². The van der Waals surface area contributed by atoms with Crippen molar-refractivity contribution in [3.05, 3.63) is 34.9 Å². The lowest BCUT2D eigenvalue weighted by atomic mass is 9.96. The van der Waals surface area contributed by atoms with Crippen molar-refractivity contribution in [2.75, 3.05) is 0 Å². The minimum atomic E-state index is 0.559. The molecule has 1 heteroatoms. The quantitative estimate of drug-likeness (QED) is 0.657. The van der Waals surface area contributed by atoms with Crippen molar-refractivity contribution in [2.24, 2.45) is 5.92 Å². The van der Waals surface area contributed by atoms with Crippen LogP contribution in [0, 0.1) is 12.8 Å². The molecule has 0 amide bonds. The minimum absolute atomic E-state index is 0.559. The Balaban J connectivity index is 2.81. The summed E-state index contributed by atoms with van der Waals surface area (Å²) in [7, 11) is 2.87. The third kappa shape index (κ3) is 3.95. The van der Waals surface area contributed by atoms with Crippen molar-refractivity contribution in [1.29, 1.82) is 0 Å². The summed E-state index contributed by atoms with van der Waals surface area (Å²) in [6.07, 6.45) is 2.50. The lowest BCUT2D eigenvalue weighted by Gasteiger charge is -2.12. The molecule has 0 radical (unpaired) electrons. The van der Waals surface area contributed by atoms with Crippen LogP contribution in [0.15, 0.2) is 18.2 Å². The lowest BCUT2D eigenvalue weighted by molar-refractivity contribution is 0.585. The summed E-state index contributed by atoms with van der Waals surface area (Å²) in [6, 6.07) is 6.87. The number of hydrogen-bond acceptors (Lipinski definition) is 0. The van der Waals surface area contributed by atoms with E-state index in [1.54, 1.807) is 0 Å². The van der Waals surface area contributed by atoms with Crippen molar-refractivity contribution < 1.29 is 0 Å². The molecule has 0 saturated heterocycles. The predicted molar refractivity (Wildman–Crippen MR) is 72.5 cm³/mol. The van der Waals surface area contributed by atoms with E-state index in [2.05, 4.69) is 55.1 Å². The summed E-state index contributed by atoms with van der Waals surface area (Å²) < 4.78 is 0. The average Bonchev–Trinajstić information content (AvgIpc) is 2.16. The van der Waals surface area contributed by atoms with E-state index in [0.717, 1.165) is 5.92 Å². The Morgan fingerprint density at radius 1 is 1.20 bits per heavy atom. The second kappa shape index (κ2) is 5.66. The second-order valence-electron chi connectivity index (χ2n) is 4.91. The predicted octanol–water partition coefficient (Wildman–Crippen LogP) is 4.52. The van der Waals surface area contributed by atoms with Crippen LogP contribution in [0.5, 0.6) is 0 Å². The van der Waals surface area contributed by atoms with Gasteiger partial charge in [-0.3, -0.25) is 0 Å². The Hall–Kier alpha value is -0.350. The third-order valence-corrected chi connectivity index (χ3v) is 3.27. The van der Waals surface area contributed by atoms with Crippen LogP contribution in [0.2, 0.25) is 0 Å².